The maximum atomic E-state index is 10.8. The molecule has 0 radical (unpaired) electrons. The van der Waals surface area contributed by atoms with Gasteiger partial charge >= 0.3 is 0 Å². The smallest absolute Gasteiger partial charge is 0.227 e. The van der Waals surface area contributed by atoms with Gasteiger partial charge in [-0.2, -0.15) is 0 Å². The van der Waals surface area contributed by atoms with E-state index in [4.69, 9.17) is 5.73 Å². The summed E-state index contributed by atoms with van der Waals surface area (Å²) in [5.41, 5.74) is 8.42. The van der Waals surface area contributed by atoms with Crippen molar-refractivity contribution in [2.24, 2.45) is 12.8 Å². The first-order valence-corrected chi connectivity index (χ1v) is 7.55. The number of benzene rings is 1. The Morgan fingerprint density at radius 2 is 2.00 bits per heavy atom. The van der Waals surface area contributed by atoms with Crippen LogP contribution >= 0.6 is 11.8 Å². The zero-order chi connectivity index (χ0) is 14.8. The Balaban J connectivity index is 1.94. The second-order valence-electron chi connectivity index (χ2n) is 4.80. The maximum Gasteiger partial charge on any atom is 0.227 e. The molecular weight excluding hydrogens is 282 g/mol. The van der Waals surface area contributed by atoms with Crippen molar-refractivity contribution in [3.8, 4) is 11.1 Å². The van der Waals surface area contributed by atoms with Crippen LogP contribution in [-0.4, -0.2) is 21.2 Å². The molecule has 3 aromatic rings. The van der Waals surface area contributed by atoms with Crippen molar-refractivity contribution >= 4 is 28.7 Å². The Hall–Kier alpha value is -2.27. The van der Waals surface area contributed by atoms with Crippen LogP contribution in [0.2, 0.25) is 0 Å². The highest BCUT2D eigenvalue weighted by Gasteiger charge is 2.07. The third-order valence-corrected chi connectivity index (χ3v) is 4.35. The van der Waals surface area contributed by atoms with Crippen LogP contribution in [0.3, 0.4) is 0 Å². The summed E-state index contributed by atoms with van der Waals surface area (Å²) in [5.74, 6) is 0.00145. The van der Waals surface area contributed by atoms with E-state index in [1.54, 1.807) is 0 Å². The summed E-state index contributed by atoms with van der Waals surface area (Å²) in [6.07, 6.45) is 3.84. The summed E-state index contributed by atoms with van der Waals surface area (Å²) < 4.78 is 2.01. The molecule has 106 valence electrons. The molecule has 21 heavy (non-hydrogen) atoms. The lowest BCUT2D eigenvalue weighted by Crippen LogP contribution is -2.12. The minimum atomic E-state index is -0.302. The number of hydrogen-bond acceptors (Lipinski definition) is 3. The molecule has 2 heterocycles. The third kappa shape index (κ3) is 2.78. The van der Waals surface area contributed by atoms with Crippen LogP contribution in [0.1, 0.15) is 0 Å². The van der Waals surface area contributed by atoms with E-state index in [2.05, 4.69) is 23.2 Å². The number of carbonyl (C=O) groups is 1. The quantitative estimate of drug-likeness (QED) is 0.753. The largest absolute Gasteiger partial charge is 0.369 e. The molecule has 4 nitrogen and oxygen atoms in total. The zero-order valence-electron chi connectivity index (χ0n) is 11.6. The first-order chi connectivity index (χ1) is 10.1. The van der Waals surface area contributed by atoms with Crippen molar-refractivity contribution in [3.63, 3.8) is 0 Å². The van der Waals surface area contributed by atoms with Gasteiger partial charge in [-0.3, -0.25) is 4.79 Å². The van der Waals surface area contributed by atoms with Gasteiger partial charge in [0.2, 0.25) is 5.91 Å². The fourth-order valence-electron chi connectivity index (χ4n) is 2.30. The molecule has 1 aromatic carbocycles. The number of fused-ring (bicyclic) bond motifs is 1. The van der Waals surface area contributed by atoms with Crippen LogP contribution in [0.15, 0.2) is 53.7 Å². The fraction of sp³-hybridized carbons (Fsp3) is 0.125. The van der Waals surface area contributed by atoms with Gasteiger partial charge < -0.3 is 10.3 Å². The van der Waals surface area contributed by atoms with Crippen molar-refractivity contribution in [1.82, 2.24) is 9.55 Å². The van der Waals surface area contributed by atoms with Gasteiger partial charge in [0.15, 0.2) is 0 Å². The number of aryl methyl sites for hydroxylation is 1. The highest BCUT2D eigenvalue weighted by atomic mass is 32.2. The van der Waals surface area contributed by atoms with Crippen LogP contribution in [0.5, 0.6) is 0 Å². The van der Waals surface area contributed by atoms with E-state index >= 15 is 0 Å². The molecule has 3 rings (SSSR count). The Morgan fingerprint density at radius 3 is 2.71 bits per heavy atom. The number of hydrogen-bond donors (Lipinski definition) is 1. The van der Waals surface area contributed by atoms with Crippen LogP contribution in [0.25, 0.3) is 22.2 Å². The summed E-state index contributed by atoms with van der Waals surface area (Å²) in [5, 5.41) is 1.14. The van der Waals surface area contributed by atoms with E-state index in [0.717, 1.165) is 27.1 Å². The molecule has 5 heteroatoms. The number of amides is 1. The summed E-state index contributed by atoms with van der Waals surface area (Å²) in [6.45, 7) is 0. The molecule has 0 aliphatic carbocycles. The second kappa shape index (κ2) is 5.61. The van der Waals surface area contributed by atoms with Crippen molar-refractivity contribution in [1.29, 1.82) is 0 Å². The van der Waals surface area contributed by atoms with Gasteiger partial charge in [0.1, 0.15) is 5.65 Å². The molecule has 0 aliphatic heterocycles. The van der Waals surface area contributed by atoms with Gasteiger partial charge in [-0.05, 0) is 35.4 Å². The normalized spacial score (nSPS) is 10.9. The molecule has 2 N–H and O–H groups in total. The number of aromatic nitrogens is 2. The average Bonchev–Trinajstić information content (AvgIpc) is 2.87. The van der Waals surface area contributed by atoms with Crippen molar-refractivity contribution < 1.29 is 4.79 Å². The van der Waals surface area contributed by atoms with Crippen molar-refractivity contribution in [2.75, 3.05) is 5.75 Å². The van der Waals surface area contributed by atoms with Gasteiger partial charge in [-0.25, -0.2) is 4.98 Å². The number of pyridine rings is 1. The Bertz CT molecular complexity index is 793. The lowest BCUT2D eigenvalue weighted by molar-refractivity contribution is -0.115. The zero-order valence-corrected chi connectivity index (χ0v) is 12.4. The number of rotatable bonds is 4. The van der Waals surface area contributed by atoms with Crippen LogP contribution in [0.4, 0.5) is 0 Å². The Labute approximate surface area is 127 Å². The van der Waals surface area contributed by atoms with E-state index in [-0.39, 0.29) is 5.91 Å². The summed E-state index contributed by atoms with van der Waals surface area (Å²) in [4.78, 5) is 16.2. The van der Waals surface area contributed by atoms with Gasteiger partial charge in [-0.1, -0.05) is 12.1 Å². The number of primary amides is 1. The molecule has 2 aromatic heterocycles. The SMILES string of the molecule is Cn1ccc2c(-c3ccc(SCC(N)=O)cc3)ccnc21. The fourth-order valence-corrected chi connectivity index (χ4v) is 2.94. The van der Waals surface area contributed by atoms with E-state index < -0.39 is 0 Å². The molecular formula is C16H15N3OS. The van der Waals surface area contributed by atoms with Gasteiger partial charge in [-0.15, -0.1) is 11.8 Å². The monoisotopic (exact) mass is 297 g/mol. The molecule has 0 saturated carbocycles. The van der Waals surface area contributed by atoms with Crippen molar-refractivity contribution in [2.45, 2.75) is 4.90 Å². The predicted octanol–water partition coefficient (Wildman–Crippen LogP) is 2.82. The molecule has 0 spiro atoms. The van der Waals surface area contributed by atoms with Crippen molar-refractivity contribution in [3.05, 3.63) is 48.8 Å². The molecule has 0 fully saturated rings. The van der Waals surface area contributed by atoms with Crippen LogP contribution in [0, 0.1) is 0 Å². The number of nitrogens with two attached hydrogens (primary N) is 1. The minimum absolute atomic E-state index is 0.302. The minimum Gasteiger partial charge on any atom is -0.369 e. The topological polar surface area (TPSA) is 60.9 Å². The molecule has 0 bridgehead atoms. The maximum absolute atomic E-state index is 10.8. The highest BCUT2D eigenvalue weighted by molar-refractivity contribution is 8.00. The van der Waals surface area contributed by atoms with Gasteiger partial charge in [0.25, 0.3) is 0 Å². The van der Waals surface area contributed by atoms with Gasteiger partial charge in [0, 0.05) is 29.7 Å². The summed E-state index contributed by atoms with van der Waals surface area (Å²) in [7, 11) is 1.99. The van der Waals surface area contributed by atoms with E-state index in [1.165, 1.54) is 11.8 Å². The number of carbonyl (C=O) groups excluding carboxylic acids is 1. The second-order valence-corrected chi connectivity index (χ2v) is 5.85. The van der Waals surface area contributed by atoms with Crippen LogP contribution < -0.4 is 5.73 Å². The van der Waals surface area contributed by atoms with Gasteiger partial charge in [0.05, 0.1) is 5.75 Å². The number of nitrogens with zero attached hydrogens (tertiary/aromatic N) is 2. The highest BCUT2D eigenvalue weighted by Crippen LogP contribution is 2.29. The first kappa shape index (κ1) is 13.7. The third-order valence-electron chi connectivity index (χ3n) is 3.31. The Kier molecular flexibility index (Phi) is 3.66. The Morgan fingerprint density at radius 1 is 1.24 bits per heavy atom. The lowest BCUT2D eigenvalue weighted by atomic mass is 10.0. The average molecular weight is 297 g/mol. The van der Waals surface area contributed by atoms with E-state index in [0.29, 0.717) is 5.75 Å². The van der Waals surface area contributed by atoms with E-state index in [9.17, 15) is 4.79 Å². The molecule has 1 amide bonds. The molecule has 0 saturated heterocycles. The molecule has 0 aliphatic rings. The predicted molar refractivity (Wildman–Crippen MR) is 86.1 cm³/mol. The lowest BCUT2D eigenvalue weighted by Gasteiger charge is -2.05. The molecule has 0 atom stereocenters. The first-order valence-electron chi connectivity index (χ1n) is 6.57. The van der Waals surface area contributed by atoms with Crippen LogP contribution in [-0.2, 0) is 11.8 Å². The standard InChI is InChI=1S/C16H15N3OS/c1-19-9-7-14-13(6-8-18-16(14)19)11-2-4-12(5-3-11)21-10-15(17)20/h2-9H,10H2,1H3,(H2,17,20). The number of thioether (sulfide) groups is 1. The summed E-state index contributed by atoms with van der Waals surface area (Å²) in [6, 6.07) is 12.2. The molecule has 0 unspecified atom stereocenters. The summed E-state index contributed by atoms with van der Waals surface area (Å²) >= 11 is 1.45. The van der Waals surface area contributed by atoms with E-state index in [1.807, 2.05) is 42.2 Å².